The zero-order chi connectivity index (χ0) is 10.7. The summed E-state index contributed by atoms with van der Waals surface area (Å²) in [6.07, 6.45) is 4.27. The van der Waals surface area contributed by atoms with Gasteiger partial charge < -0.3 is 15.6 Å². The van der Waals surface area contributed by atoms with E-state index in [1.165, 1.54) is 6.42 Å². The molecule has 3 N–H and O–H groups in total. The molecule has 0 unspecified atom stereocenters. The molecule has 0 aliphatic heterocycles. The van der Waals surface area contributed by atoms with Gasteiger partial charge in [0.1, 0.15) is 0 Å². The van der Waals surface area contributed by atoms with E-state index in [1.54, 1.807) is 0 Å². The lowest BCUT2D eigenvalue weighted by molar-refractivity contribution is 0.238. The largest absolute Gasteiger partial charge is 0.339 e. The van der Waals surface area contributed by atoms with E-state index in [1.807, 2.05) is 6.92 Å². The summed E-state index contributed by atoms with van der Waals surface area (Å²) in [5.41, 5.74) is 6.08. The summed E-state index contributed by atoms with van der Waals surface area (Å²) in [4.78, 5) is 4.21. The highest BCUT2D eigenvalue weighted by Crippen LogP contribution is 2.27. The summed E-state index contributed by atoms with van der Waals surface area (Å²) >= 11 is 0. The smallest absolute Gasteiger partial charge is 0.226 e. The molecule has 1 heterocycles. The summed E-state index contributed by atoms with van der Waals surface area (Å²) < 4.78 is 5.00. The van der Waals surface area contributed by atoms with Gasteiger partial charge in [0.25, 0.3) is 0 Å². The highest BCUT2D eigenvalue weighted by Gasteiger charge is 2.31. The Labute approximate surface area is 102 Å². The number of aromatic nitrogens is 2. The van der Waals surface area contributed by atoms with Crippen LogP contribution in [-0.4, -0.2) is 22.2 Å². The average molecular weight is 247 g/mol. The maximum Gasteiger partial charge on any atom is 0.226 e. The minimum absolute atomic E-state index is 0. The van der Waals surface area contributed by atoms with Crippen molar-refractivity contribution in [3.63, 3.8) is 0 Å². The molecular weight excluding hydrogens is 228 g/mol. The van der Waals surface area contributed by atoms with Crippen LogP contribution in [0.1, 0.15) is 37.9 Å². The summed E-state index contributed by atoms with van der Waals surface area (Å²) in [5, 5.41) is 7.13. The van der Waals surface area contributed by atoms with Gasteiger partial charge in [0, 0.05) is 18.5 Å². The highest BCUT2D eigenvalue weighted by atomic mass is 35.5. The summed E-state index contributed by atoms with van der Waals surface area (Å²) in [5.74, 6) is 1.41. The molecule has 0 saturated heterocycles. The molecule has 0 spiro atoms. The second-order valence-corrected chi connectivity index (χ2v) is 4.28. The molecule has 1 saturated carbocycles. The molecule has 1 fully saturated rings. The lowest BCUT2D eigenvalue weighted by Gasteiger charge is -2.38. The van der Waals surface area contributed by atoms with Gasteiger partial charge in [0.2, 0.25) is 5.89 Å². The van der Waals surface area contributed by atoms with Crippen molar-refractivity contribution in [2.75, 3.05) is 6.54 Å². The van der Waals surface area contributed by atoms with Crippen LogP contribution in [0.4, 0.5) is 0 Å². The van der Waals surface area contributed by atoms with Crippen molar-refractivity contribution in [3.05, 3.63) is 11.7 Å². The Morgan fingerprint density at radius 3 is 2.75 bits per heavy atom. The first-order chi connectivity index (χ1) is 7.22. The van der Waals surface area contributed by atoms with Gasteiger partial charge in [-0.1, -0.05) is 12.1 Å². The number of aryl methyl sites for hydroxylation is 1. The lowest BCUT2D eigenvalue weighted by atomic mass is 9.78. The van der Waals surface area contributed by atoms with Gasteiger partial charge >= 0.3 is 0 Å². The minimum Gasteiger partial charge on any atom is -0.339 e. The van der Waals surface area contributed by atoms with Crippen LogP contribution >= 0.6 is 12.4 Å². The molecule has 0 aromatic carbocycles. The standard InChI is InChI=1S/C10H18N4O.ClH/c1-2-9-13-8(14-15-9)6-12-7-10(11)4-3-5-10;/h12H,2-7,11H2,1H3;1H. The Bertz CT molecular complexity index is 324. The molecule has 1 aliphatic rings. The average Bonchev–Trinajstić information content (AvgIpc) is 2.63. The topological polar surface area (TPSA) is 77.0 Å². The first-order valence-corrected chi connectivity index (χ1v) is 5.53. The van der Waals surface area contributed by atoms with Crippen molar-refractivity contribution in [1.29, 1.82) is 0 Å². The third-order valence-electron chi connectivity index (χ3n) is 2.92. The van der Waals surface area contributed by atoms with Gasteiger partial charge in [-0.3, -0.25) is 0 Å². The van der Waals surface area contributed by atoms with E-state index in [2.05, 4.69) is 15.5 Å². The maximum absolute atomic E-state index is 6.07. The quantitative estimate of drug-likeness (QED) is 0.811. The van der Waals surface area contributed by atoms with E-state index in [-0.39, 0.29) is 17.9 Å². The van der Waals surface area contributed by atoms with E-state index in [9.17, 15) is 0 Å². The maximum atomic E-state index is 6.07. The number of nitrogens with one attached hydrogen (secondary N) is 1. The van der Waals surface area contributed by atoms with Crippen molar-refractivity contribution >= 4 is 12.4 Å². The van der Waals surface area contributed by atoms with E-state index < -0.39 is 0 Å². The Balaban J connectivity index is 0.00000128. The Hall–Kier alpha value is -0.650. The molecule has 1 aromatic heterocycles. The Morgan fingerprint density at radius 2 is 2.25 bits per heavy atom. The molecule has 0 radical (unpaired) electrons. The van der Waals surface area contributed by atoms with Gasteiger partial charge in [-0.15, -0.1) is 12.4 Å². The molecule has 0 atom stereocenters. The fraction of sp³-hybridized carbons (Fsp3) is 0.800. The van der Waals surface area contributed by atoms with Crippen LogP contribution < -0.4 is 11.1 Å². The zero-order valence-corrected chi connectivity index (χ0v) is 10.3. The first-order valence-electron chi connectivity index (χ1n) is 5.53. The van der Waals surface area contributed by atoms with Crippen LogP contribution in [-0.2, 0) is 13.0 Å². The van der Waals surface area contributed by atoms with Gasteiger partial charge in [-0.2, -0.15) is 4.98 Å². The normalized spacial score (nSPS) is 17.6. The third kappa shape index (κ3) is 3.17. The Morgan fingerprint density at radius 1 is 1.50 bits per heavy atom. The van der Waals surface area contributed by atoms with Gasteiger partial charge in [-0.25, -0.2) is 0 Å². The second kappa shape index (κ2) is 5.61. The Kier molecular flexibility index (Phi) is 4.70. The van der Waals surface area contributed by atoms with Crippen LogP contribution in [0, 0.1) is 0 Å². The van der Waals surface area contributed by atoms with Gasteiger partial charge in [0.05, 0.1) is 6.54 Å². The summed E-state index contributed by atoms with van der Waals surface area (Å²) in [7, 11) is 0. The van der Waals surface area contributed by atoms with Crippen molar-refractivity contribution in [2.45, 2.75) is 44.7 Å². The SMILES string of the molecule is CCc1nc(CNCC2(N)CCC2)no1.Cl. The minimum atomic E-state index is 0. The molecule has 2 rings (SSSR count). The fourth-order valence-corrected chi connectivity index (χ4v) is 1.74. The van der Waals surface area contributed by atoms with Crippen LogP contribution in [0.2, 0.25) is 0 Å². The summed E-state index contributed by atoms with van der Waals surface area (Å²) in [6.45, 7) is 3.47. The molecule has 1 aliphatic carbocycles. The van der Waals surface area contributed by atoms with Crippen molar-refractivity contribution in [2.24, 2.45) is 5.73 Å². The van der Waals surface area contributed by atoms with Gasteiger partial charge in [-0.05, 0) is 19.3 Å². The van der Waals surface area contributed by atoms with Crippen molar-refractivity contribution in [1.82, 2.24) is 15.5 Å². The highest BCUT2D eigenvalue weighted by molar-refractivity contribution is 5.85. The number of nitrogens with two attached hydrogens (primary N) is 1. The first kappa shape index (κ1) is 13.4. The monoisotopic (exact) mass is 246 g/mol. The molecule has 5 nitrogen and oxygen atoms in total. The third-order valence-corrected chi connectivity index (χ3v) is 2.92. The predicted molar refractivity (Wildman–Crippen MR) is 63.4 cm³/mol. The second-order valence-electron chi connectivity index (χ2n) is 4.28. The summed E-state index contributed by atoms with van der Waals surface area (Å²) in [6, 6.07) is 0. The molecule has 1 aromatic rings. The van der Waals surface area contributed by atoms with Crippen LogP contribution in [0.3, 0.4) is 0 Å². The van der Waals surface area contributed by atoms with E-state index in [0.717, 1.165) is 31.6 Å². The van der Waals surface area contributed by atoms with Crippen molar-refractivity contribution in [3.8, 4) is 0 Å². The molecule has 92 valence electrons. The number of nitrogens with zero attached hydrogens (tertiary/aromatic N) is 2. The van der Waals surface area contributed by atoms with E-state index in [4.69, 9.17) is 10.3 Å². The number of hydrogen-bond acceptors (Lipinski definition) is 5. The zero-order valence-electron chi connectivity index (χ0n) is 9.53. The van der Waals surface area contributed by atoms with Crippen LogP contribution in [0.25, 0.3) is 0 Å². The molecule has 6 heteroatoms. The van der Waals surface area contributed by atoms with Crippen LogP contribution in [0.15, 0.2) is 4.52 Å². The number of rotatable bonds is 5. The lowest BCUT2D eigenvalue weighted by Crippen LogP contribution is -2.53. The molecule has 16 heavy (non-hydrogen) atoms. The van der Waals surface area contributed by atoms with Gasteiger partial charge in [0.15, 0.2) is 5.82 Å². The van der Waals surface area contributed by atoms with Crippen molar-refractivity contribution < 1.29 is 4.52 Å². The molecule has 0 amide bonds. The number of hydrogen-bond donors (Lipinski definition) is 2. The predicted octanol–water partition coefficient (Wildman–Crippen LogP) is 1.02. The molecule has 0 bridgehead atoms. The van der Waals surface area contributed by atoms with E-state index >= 15 is 0 Å². The molecular formula is C10H19ClN4O. The van der Waals surface area contributed by atoms with Crippen LogP contribution in [0.5, 0.6) is 0 Å². The fourth-order valence-electron chi connectivity index (χ4n) is 1.74. The van der Waals surface area contributed by atoms with E-state index in [0.29, 0.717) is 12.4 Å². The number of halogens is 1.